The van der Waals surface area contributed by atoms with Gasteiger partial charge < -0.3 is 0 Å². The van der Waals surface area contributed by atoms with Crippen LogP contribution in [0.1, 0.15) is 36.9 Å². The van der Waals surface area contributed by atoms with Crippen molar-refractivity contribution >= 4 is 12.4 Å². The first-order valence-electron chi connectivity index (χ1n) is 7.79. The third kappa shape index (κ3) is 4.07. The third-order valence-electron chi connectivity index (χ3n) is 3.90. The van der Waals surface area contributed by atoms with Crippen LogP contribution in [0, 0.1) is 0 Å². The van der Waals surface area contributed by atoms with Crippen LogP contribution in [-0.4, -0.2) is 34.5 Å². The number of aromatic nitrogens is 2. The van der Waals surface area contributed by atoms with Crippen molar-refractivity contribution in [2.45, 2.75) is 37.8 Å². The lowest BCUT2D eigenvalue weighted by Gasteiger charge is -2.25. The summed E-state index contributed by atoms with van der Waals surface area (Å²) in [4.78, 5) is 17.8. The van der Waals surface area contributed by atoms with E-state index in [1.165, 1.54) is 12.8 Å². The van der Waals surface area contributed by atoms with E-state index >= 15 is 0 Å². The lowest BCUT2D eigenvalue weighted by atomic mass is 9.91. The molecule has 22 heavy (non-hydrogen) atoms. The molecule has 0 aromatic carbocycles. The lowest BCUT2D eigenvalue weighted by molar-refractivity contribution is 0.390. The van der Waals surface area contributed by atoms with Crippen molar-refractivity contribution in [2.24, 2.45) is 9.98 Å². The number of rotatable bonds is 4. The molecule has 1 saturated carbocycles. The standard InChI is InChI=1S/C18H20N4/c1-2-7-18(22-14-16-5-3-4-10-20-16)17(6-1)21-13-15-8-11-19-12-9-15/h3-5,8-14,17-18H,1-2,6-7H2. The van der Waals surface area contributed by atoms with E-state index in [-0.39, 0.29) is 12.1 Å². The first-order chi connectivity index (χ1) is 10.9. The molecule has 0 amide bonds. The van der Waals surface area contributed by atoms with E-state index in [0.717, 1.165) is 24.1 Å². The number of hydrogen-bond donors (Lipinski definition) is 0. The van der Waals surface area contributed by atoms with E-state index in [4.69, 9.17) is 9.98 Å². The quantitative estimate of drug-likeness (QED) is 0.812. The second-order valence-electron chi connectivity index (χ2n) is 5.51. The van der Waals surface area contributed by atoms with Gasteiger partial charge in [-0.25, -0.2) is 0 Å². The van der Waals surface area contributed by atoms with Gasteiger partial charge in [0.1, 0.15) is 0 Å². The Morgan fingerprint density at radius 1 is 0.864 bits per heavy atom. The van der Waals surface area contributed by atoms with Crippen LogP contribution in [0.15, 0.2) is 58.9 Å². The van der Waals surface area contributed by atoms with E-state index in [2.05, 4.69) is 9.97 Å². The van der Waals surface area contributed by atoms with Crippen LogP contribution >= 0.6 is 0 Å². The van der Waals surface area contributed by atoms with Gasteiger partial charge in [-0.1, -0.05) is 18.9 Å². The molecule has 2 heterocycles. The van der Waals surface area contributed by atoms with Crippen LogP contribution in [0.25, 0.3) is 0 Å². The van der Waals surface area contributed by atoms with Crippen molar-refractivity contribution in [1.29, 1.82) is 0 Å². The maximum Gasteiger partial charge on any atom is 0.0807 e. The van der Waals surface area contributed by atoms with Crippen molar-refractivity contribution < 1.29 is 0 Å². The average Bonchev–Trinajstić information content (AvgIpc) is 2.61. The van der Waals surface area contributed by atoms with Gasteiger partial charge in [0.05, 0.1) is 17.8 Å². The predicted molar refractivity (Wildman–Crippen MR) is 89.7 cm³/mol. The Kier molecular flexibility index (Phi) is 5.03. The number of hydrogen-bond acceptors (Lipinski definition) is 4. The van der Waals surface area contributed by atoms with Crippen LogP contribution in [0.2, 0.25) is 0 Å². The summed E-state index contributed by atoms with van der Waals surface area (Å²) >= 11 is 0. The van der Waals surface area contributed by atoms with Crippen LogP contribution in [0.5, 0.6) is 0 Å². The molecule has 112 valence electrons. The SMILES string of the molecule is C(=NC1CCCCC1N=Cc1ccccn1)c1ccncc1. The van der Waals surface area contributed by atoms with Crippen molar-refractivity contribution in [2.75, 3.05) is 0 Å². The zero-order valence-corrected chi connectivity index (χ0v) is 12.5. The fourth-order valence-corrected chi connectivity index (χ4v) is 2.70. The lowest BCUT2D eigenvalue weighted by Crippen LogP contribution is -2.27. The van der Waals surface area contributed by atoms with Gasteiger partial charge in [-0.05, 0) is 42.7 Å². The zero-order valence-electron chi connectivity index (χ0n) is 12.5. The van der Waals surface area contributed by atoms with Gasteiger partial charge in [0, 0.05) is 31.0 Å². The Morgan fingerprint density at radius 2 is 1.59 bits per heavy atom. The number of nitrogens with zero attached hydrogens (tertiary/aromatic N) is 4. The number of aliphatic imine (C=N–C) groups is 2. The summed E-state index contributed by atoms with van der Waals surface area (Å²) in [6.07, 6.45) is 13.9. The maximum absolute atomic E-state index is 4.76. The third-order valence-corrected chi connectivity index (χ3v) is 3.90. The van der Waals surface area contributed by atoms with E-state index < -0.39 is 0 Å². The minimum Gasteiger partial charge on any atom is -0.287 e. The van der Waals surface area contributed by atoms with Gasteiger partial charge in [0.15, 0.2) is 0 Å². The fourth-order valence-electron chi connectivity index (χ4n) is 2.70. The van der Waals surface area contributed by atoms with Crippen LogP contribution in [0.3, 0.4) is 0 Å². The van der Waals surface area contributed by atoms with Gasteiger partial charge in [-0.2, -0.15) is 0 Å². The maximum atomic E-state index is 4.76. The van der Waals surface area contributed by atoms with Crippen LogP contribution < -0.4 is 0 Å². The minimum absolute atomic E-state index is 0.258. The Morgan fingerprint density at radius 3 is 2.27 bits per heavy atom. The highest BCUT2D eigenvalue weighted by Crippen LogP contribution is 2.23. The topological polar surface area (TPSA) is 50.5 Å². The normalized spacial score (nSPS) is 22.4. The highest BCUT2D eigenvalue weighted by molar-refractivity contribution is 5.79. The molecule has 2 aromatic heterocycles. The second kappa shape index (κ2) is 7.59. The highest BCUT2D eigenvalue weighted by Gasteiger charge is 2.23. The molecule has 4 nitrogen and oxygen atoms in total. The van der Waals surface area contributed by atoms with Crippen molar-refractivity contribution in [1.82, 2.24) is 9.97 Å². The van der Waals surface area contributed by atoms with E-state index in [1.54, 1.807) is 18.6 Å². The van der Waals surface area contributed by atoms with Crippen molar-refractivity contribution in [3.63, 3.8) is 0 Å². The fraction of sp³-hybridized carbons (Fsp3) is 0.333. The van der Waals surface area contributed by atoms with Crippen molar-refractivity contribution in [3.05, 3.63) is 60.2 Å². The van der Waals surface area contributed by atoms with Gasteiger partial charge >= 0.3 is 0 Å². The summed E-state index contributed by atoms with van der Waals surface area (Å²) in [6, 6.07) is 10.3. The summed E-state index contributed by atoms with van der Waals surface area (Å²) < 4.78 is 0. The van der Waals surface area contributed by atoms with E-state index in [9.17, 15) is 0 Å². The minimum atomic E-state index is 0.258. The Bertz CT molecular complexity index is 565. The molecule has 2 unspecified atom stereocenters. The smallest absolute Gasteiger partial charge is 0.0807 e. The molecule has 0 N–H and O–H groups in total. The van der Waals surface area contributed by atoms with Crippen LogP contribution in [-0.2, 0) is 0 Å². The monoisotopic (exact) mass is 292 g/mol. The summed E-state index contributed by atoms with van der Waals surface area (Å²) in [5, 5.41) is 0. The Hall–Kier alpha value is -2.36. The van der Waals surface area contributed by atoms with Gasteiger partial charge in [-0.15, -0.1) is 0 Å². The molecule has 1 aliphatic rings. The first-order valence-corrected chi connectivity index (χ1v) is 7.79. The largest absolute Gasteiger partial charge is 0.287 e. The summed E-state index contributed by atoms with van der Waals surface area (Å²) in [6.45, 7) is 0. The molecular formula is C18H20N4. The molecule has 1 fully saturated rings. The molecule has 1 aliphatic carbocycles. The molecule has 2 atom stereocenters. The molecule has 3 rings (SSSR count). The van der Waals surface area contributed by atoms with Crippen molar-refractivity contribution in [3.8, 4) is 0 Å². The van der Waals surface area contributed by atoms with Crippen LogP contribution in [0.4, 0.5) is 0 Å². The van der Waals surface area contributed by atoms with Gasteiger partial charge in [-0.3, -0.25) is 20.0 Å². The molecule has 0 spiro atoms. The predicted octanol–water partition coefficient (Wildman–Crippen LogP) is 3.33. The molecule has 4 heteroatoms. The van der Waals surface area contributed by atoms with E-state index in [1.807, 2.05) is 42.8 Å². The molecule has 0 radical (unpaired) electrons. The Labute approximate surface area is 131 Å². The molecule has 0 saturated heterocycles. The summed E-state index contributed by atoms with van der Waals surface area (Å²) in [5.41, 5.74) is 2.00. The molecule has 0 bridgehead atoms. The van der Waals surface area contributed by atoms with Gasteiger partial charge in [0.25, 0.3) is 0 Å². The molecular weight excluding hydrogens is 272 g/mol. The second-order valence-corrected chi connectivity index (χ2v) is 5.51. The molecule has 2 aromatic rings. The first kappa shape index (κ1) is 14.6. The zero-order chi connectivity index (χ0) is 15.0. The summed E-state index contributed by atoms with van der Waals surface area (Å²) in [5.74, 6) is 0. The summed E-state index contributed by atoms with van der Waals surface area (Å²) in [7, 11) is 0. The molecule has 0 aliphatic heterocycles. The highest BCUT2D eigenvalue weighted by atomic mass is 14.9. The van der Waals surface area contributed by atoms with E-state index in [0.29, 0.717) is 0 Å². The Balaban J connectivity index is 1.69. The average molecular weight is 292 g/mol. The van der Waals surface area contributed by atoms with Gasteiger partial charge in [0.2, 0.25) is 0 Å². The number of pyridine rings is 2.